The lowest BCUT2D eigenvalue weighted by Gasteiger charge is -2.51. The van der Waals surface area contributed by atoms with Crippen LogP contribution in [0.1, 0.15) is 104 Å². The summed E-state index contributed by atoms with van der Waals surface area (Å²) in [6.45, 7) is 19.0. The van der Waals surface area contributed by atoms with Gasteiger partial charge in [0, 0.05) is 106 Å². The number of esters is 1. The summed E-state index contributed by atoms with van der Waals surface area (Å²) >= 11 is 0. The van der Waals surface area contributed by atoms with Gasteiger partial charge in [0.2, 0.25) is 0 Å². The number of benzene rings is 2. The van der Waals surface area contributed by atoms with E-state index >= 15 is 0 Å². The number of carbonyl (C=O) groups is 3. The standard InChI is InChI=1S/C46H62N4O11.C21H41N5O11/c1-22(2)21-50-18-16-46(17-19-50)48-34-31-32-39(54)28(8)42-33(31)43(56)45(10,61-42)59-20-15-30(58-11)25(5)41(60-29(9)51)27(7)38(53)26(6)37(52)23(3)13-12-14-24(4)44(57)47-36(40(32)55)35(34)49-46;1-26-11-14(30)18-8(33-20(11)37-21-16(32)13(29)10(25)9(4-27)34-21)3-7(24)19(36-18)35-17-6(23)2-5(22)12(28)15(17)31/h12-15,20,22-23,25-27,30,37-38,41,48,52-55H,16-19,21H2,1-11H3;5-21,26-32H,2-4,22-25H2,1H3/b13-12-,20-15-,24-14-,47-36?;/t23-,25-,26+,27+,30-,37-,38+,41-,45+;5-,6+,7-,8+,9-,10-,11+,12+,13+,14-,15-,16-,17-,18+,19+,20-,21-/m11/s1. The van der Waals surface area contributed by atoms with Crippen LogP contribution in [-0.2, 0) is 47.5 Å². The van der Waals surface area contributed by atoms with E-state index < -0.39 is 194 Å². The Kier molecular flexibility index (Phi) is 24.3. The number of likely N-dealkylation sites (N-methyl/N-ethyl adjacent to an activating group) is 1. The minimum atomic E-state index is -1.95. The van der Waals surface area contributed by atoms with Crippen LogP contribution in [0.2, 0.25) is 0 Å². The van der Waals surface area contributed by atoms with Crippen LogP contribution in [0.25, 0.3) is 10.8 Å². The zero-order valence-corrected chi connectivity index (χ0v) is 57.6. The highest BCUT2D eigenvalue weighted by Crippen LogP contribution is 2.52. The topological polar surface area (TPSA) is 493 Å². The largest absolute Gasteiger partial charge is 0.507 e. The molecule has 7 heterocycles. The van der Waals surface area contributed by atoms with Crippen LogP contribution in [-0.4, -0.2) is 254 Å². The van der Waals surface area contributed by atoms with Gasteiger partial charge in [-0.05, 0) is 45.7 Å². The average Bonchev–Trinajstić information content (AvgIpc) is 1.51. The van der Waals surface area contributed by atoms with Crippen molar-refractivity contribution in [2.45, 2.75) is 235 Å². The number of nitrogens with one attached hydrogen (secondary N) is 2. The number of phenols is 2. The zero-order chi connectivity index (χ0) is 72.1. The second kappa shape index (κ2) is 31.0. The van der Waals surface area contributed by atoms with Crippen molar-refractivity contribution in [2.75, 3.05) is 45.7 Å². The smallest absolute Gasteiger partial charge is 0.312 e. The summed E-state index contributed by atoms with van der Waals surface area (Å²) in [6, 6.07) is -4.05. The third-order valence-electron chi connectivity index (χ3n) is 20.7. The minimum Gasteiger partial charge on any atom is -0.507 e. The van der Waals surface area contributed by atoms with Crippen molar-refractivity contribution in [3.63, 3.8) is 0 Å². The van der Waals surface area contributed by atoms with E-state index in [9.17, 15) is 65.4 Å². The number of carbonyl (C=O) groups excluding carboxylic acids is 3. The predicted molar refractivity (Wildman–Crippen MR) is 351 cm³/mol. The van der Waals surface area contributed by atoms with Gasteiger partial charge in [0.25, 0.3) is 11.7 Å². The van der Waals surface area contributed by atoms with Crippen LogP contribution in [0.5, 0.6) is 17.2 Å². The summed E-state index contributed by atoms with van der Waals surface area (Å²) in [5, 5.41) is 115. The predicted octanol–water partition coefficient (Wildman–Crippen LogP) is -2.20. The molecule has 0 aromatic heterocycles. The molecule has 98 heavy (non-hydrogen) atoms. The molecule has 0 radical (unpaired) electrons. The molecule has 5 fully saturated rings. The van der Waals surface area contributed by atoms with E-state index in [4.69, 9.17) is 70.6 Å². The Balaban J connectivity index is 0.000000259. The fraction of sp³-hybridized carbons (Fsp3) is 0.716. The number of methoxy groups -OCH3 is 1. The van der Waals surface area contributed by atoms with Crippen molar-refractivity contribution in [3.05, 3.63) is 58.0 Å². The maximum Gasteiger partial charge on any atom is 0.312 e. The first kappa shape index (κ1) is 76.7. The molecule has 31 heteroatoms. The Bertz CT molecular complexity index is 3430. The number of phenolic OH excluding ortho intramolecular Hbond substituents is 2. The van der Waals surface area contributed by atoms with Crippen molar-refractivity contribution in [1.29, 1.82) is 0 Å². The number of nitrogens with two attached hydrogens (primary N) is 4. The van der Waals surface area contributed by atoms with Gasteiger partial charge in [0.15, 0.2) is 24.6 Å². The summed E-state index contributed by atoms with van der Waals surface area (Å²) < 4.78 is 53.2. The van der Waals surface area contributed by atoms with Gasteiger partial charge in [0.1, 0.15) is 76.7 Å². The number of nitrogens with zero attached hydrogens (tertiary/aromatic N) is 3. The van der Waals surface area contributed by atoms with E-state index in [1.807, 2.05) is 0 Å². The molecule has 8 aliphatic rings. The second-order valence-electron chi connectivity index (χ2n) is 28.3. The number of rotatable bonds is 10. The van der Waals surface area contributed by atoms with Crippen molar-refractivity contribution in [1.82, 2.24) is 10.2 Å². The molecule has 1 amide bonds. The van der Waals surface area contributed by atoms with Crippen LogP contribution in [0, 0.1) is 36.5 Å². The number of hydrogen-bond acceptors (Lipinski definition) is 30. The monoisotopic (exact) mass is 1390 g/mol. The molecular formula is C67H103N9O22. The van der Waals surface area contributed by atoms with Gasteiger partial charge in [-0.3, -0.25) is 19.4 Å². The number of allylic oxidation sites excluding steroid dienone is 2. The maximum atomic E-state index is 14.7. The molecule has 2 aromatic carbocycles. The molecule has 31 nitrogen and oxygen atoms in total. The number of ether oxygens (including phenoxy) is 9. The van der Waals surface area contributed by atoms with Gasteiger partial charge in [0.05, 0.1) is 78.2 Å². The Morgan fingerprint density at radius 1 is 0.786 bits per heavy atom. The van der Waals surface area contributed by atoms with Crippen LogP contribution >= 0.6 is 0 Å². The molecule has 548 valence electrons. The average molecular weight is 1390 g/mol. The third-order valence-corrected chi connectivity index (χ3v) is 20.7. The molecule has 4 saturated heterocycles. The second-order valence-corrected chi connectivity index (χ2v) is 28.3. The highest BCUT2D eigenvalue weighted by Gasteiger charge is 2.56. The number of likely N-dealkylation sites (tertiary alicyclic amines) is 1. The van der Waals surface area contributed by atoms with E-state index in [1.165, 1.54) is 27.2 Å². The third kappa shape index (κ3) is 15.2. The zero-order valence-electron chi connectivity index (χ0n) is 57.6. The molecule has 7 aliphatic heterocycles. The van der Waals surface area contributed by atoms with Gasteiger partial charge in [-0.15, -0.1) is 0 Å². The first-order chi connectivity index (χ1) is 46.1. The number of aliphatic hydroxyl groups excluding tert-OH is 8. The Labute approximate surface area is 568 Å². The normalized spacial score (nSPS) is 41.1. The highest BCUT2D eigenvalue weighted by molar-refractivity contribution is 6.21. The molecule has 4 bridgehead atoms. The van der Waals surface area contributed by atoms with Crippen LogP contribution in [0.4, 0.5) is 5.69 Å². The first-order valence-corrected chi connectivity index (χ1v) is 33.7. The molecular weight excluding hydrogens is 1280 g/mol. The van der Waals surface area contributed by atoms with E-state index in [2.05, 4.69) is 34.4 Å². The quantitative estimate of drug-likeness (QED) is 0.0887. The Morgan fingerprint density at radius 3 is 2.10 bits per heavy atom. The van der Waals surface area contributed by atoms with Crippen molar-refractivity contribution >= 4 is 34.1 Å². The van der Waals surface area contributed by atoms with Gasteiger partial charge >= 0.3 is 11.8 Å². The lowest BCUT2D eigenvalue weighted by molar-refractivity contribution is -0.373. The Morgan fingerprint density at radius 2 is 1.47 bits per heavy atom. The van der Waals surface area contributed by atoms with Gasteiger partial charge in [-0.25, -0.2) is 4.99 Å². The summed E-state index contributed by atoms with van der Waals surface area (Å²) in [5.74, 6) is -6.57. The number of anilines is 1. The molecule has 1 saturated carbocycles. The van der Waals surface area contributed by atoms with E-state index in [0.717, 1.165) is 19.6 Å². The maximum absolute atomic E-state index is 14.7. The summed E-state index contributed by atoms with van der Waals surface area (Å²) in [6.07, 6.45) is -8.63. The van der Waals surface area contributed by atoms with Gasteiger partial charge in [-0.1, -0.05) is 59.8 Å². The molecule has 0 unspecified atom stereocenters. The summed E-state index contributed by atoms with van der Waals surface area (Å²) in [7, 11) is 3.02. The lowest BCUT2D eigenvalue weighted by Crippen LogP contribution is -2.70. The van der Waals surface area contributed by atoms with Crippen LogP contribution < -0.4 is 49.0 Å². The SMILES string of the molecule is CN[C@@H]1[C@@H](O[C@H]2O[C@H](CO)[C@@H](N)[C@H](O)[C@H]2O)O[C@H]2C[C@@H](N)[C@@H](O[C@H]3[C@H](O)[C@@H](O)[C@H](N)C[C@@H]3N)O[C@@H]2[C@@H]1O.CO[C@@H]1/C=C\O[C@@]2(C)Oc3c(C)c(O)c4c(O)c(c5c(c4c3C2=O)NC2(CCN(CC(C)C)CC2)N=5)=NC(=O)/C(C)=C\C=C/[C@@H](C)[C@@H](O)[C@H](C)[C@H](O)[C@H](C)[C@H](OC(C)=O)[C@@H]1C. The lowest BCUT2D eigenvalue weighted by atomic mass is 9.78. The number of ketones is 1. The number of Topliss-reactive ketones (excluding diaryl/α,β-unsaturated/α-hetero) is 1. The van der Waals surface area contributed by atoms with Gasteiger partial charge in [-0.2, -0.15) is 0 Å². The molecule has 10 rings (SSSR count). The number of aliphatic hydroxyl groups is 8. The fourth-order valence-corrected chi connectivity index (χ4v) is 14.7. The number of hydrogen-bond donors (Lipinski definition) is 16. The van der Waals surface area contributed by atoms with Crippen molar-refractivity contribution in [3.8, 4) is 17.2 Å². The van der Waals surface area contributed by atoms with Crippen molar-refractivity contribution in [2.24, 2.45) is 62.5 Å². The highest BCUT2D eigenvalue weighted by atomic mass is 16.8. The first-order valence-electron chi connectivity index (χ1n) is 33.7. The van der Waals surface area contributed by atoms with Crippen LogP contribution in [0.15, 0.2) is 46.1 Å². The van der Waals surface area contributed by atoms with Crippen molar-refractivity contribution < 1.29 is 108 Å². The van der Waals surface area contributed by atoms with E-state index in [0.29, 0.717) is 24.4 Å². The molecule has 26 atom stereocenters. The van der Waals surface area contributed by atoms with Crippen LogP contribution in [0.3, 0.4) is 0 Å². The molecule has 1 spiro atoms. The number of fused-ring (bicyclic) bond motifs is 2. The van der Waals surface area contributed by atoms with Gasteiger partial charge < -0.3 is 132 Å². The van der Waals surface area contributed by atoms with E-state index in [-0.39, 0.29) is 62.5 Å². The van der Waals surface area contributed by atoms with E-state index in [1.54, 1.807) is 72.9 Å². The minimum absolute atomic E-state index is 0.0538. The number of amides is 1. The number of piperidine rings is 1. The molecule has 2 aromatic rings. The fourth-order valence-electron chi connectivity index (χ4n) is 14.7. The Hall–Kier alpha value is -5.47. The summed E-state index contributed by atoms with van der Waals surface area (Å²) in [4.78, 5) is 52.9. The summed E-state index contributed by atoms with van der Waals surface area (Å²) in [5.41, 5.74) is 23.9. The molecule has 1 aliphatic carbocycles. The number of aromatic hydroxyl groups is 2. The molecule has 20 N–H and O–H groups in total.